The van der Waals surface area contributed by atoms with Crippen molar-refractivity contribution in [1.29, 1.82) is 0 Å². The number of hydrogen-bond donors (Lipinski definition) is 2. The Bertz CT molecular complexity index is 817. The van der Waals surface area contributed by atoms with E-state index in [9.17, 15) is 14.7 Å². The third-order valence-corrected chi connectivity index (χ3v) is 5.43. The third-order valence-electron chi connectivity index (χ3n) is 3.73. The molecule has 2 heterocycles. The van der Waals surface area contributed by atoms with Crippen LogP contribution in [0.5, 0.6) is 0 Å². The smallest absolute Gasteiger partial charge is 0.322 e. The Balaban J connectivity index is 2.07. The number of fused-ring (bicyclic) bond motifs is 1. The molecular weight excluding hydrogens is 326 g/mol. The number of rotatable bonds is 2. The largest absolute Gasteiger partial charge is 0.480 e. The maximum absolute atomic E-state index is 12.6. The number of carboxylic acids is 1. The van der Waals surface area contributed by atoms with Crippen LogP contribution < -0.4 is 10.7 Å². The van der Waals surface area contributed by atoms with E-state index in [1.54, 1.807) is 18.2 Å². The molecule has 2 atom stereocenters. The Labute approximate surface area is 135 Å². The van der Waals surface area contributed by atoms with Gasteiger partial charge >= 0.3 is 5.97 Å². The second-order valence-electron chi connectivity index (χ2n) is 5.70. The molecule has 0 amide bonds. The molecule has 0 bridgehead atoms. The van der Waals surface area contributed by atoms with Crippen LogP contribution >= 0.6 is 23.4 Å². The van der Waals surface area contributed by atoms with Gasteiger partial charge < -0.3 is 9.52 Å². The molecule has 0 radical (unpaired) electrons. The van der Waals surface area contributed by atoms with E-state index in [4.69, 9.17) is 16.0 Å². The van der Waals surface area contributed by atoms with E-state index >= 15 is 0 Å². The zero-order valence-electron chi connectivity index (χ0n) is 11.9. The second kappa shape index (κ2) is 5.30. The lowest BCUT2D eigenvalue weighted by molar-refractivity contribution is -0.139. The highest BCUT2D eigenvalue weighted by molar-refractivity contribution is 8.01. The molecule has 3 rings (SSSR count). The first kappa shape index (κ1) is 15.4. The van der Waals surface area contributed by atoms with Gasteiger partial charge in [0.2, 0.25) is 0 Å². The van der Waals surface area contributed by atoms with Gasteiger partial charge in [0.15, 0.2) is 5.43 Å². The summed E-state index contributed by atoms with van der Waals surface area (Å²) in [5.41, 5.74) is 0.655. The number of aliphatic carboxylic acids is 1. The van der Waals surface area contributed by atoms with E-state index in [2.05, 4.69) is 5.32 Å². The van der Waals surface area contributed by atoms with E-state index < -0.39 is 22.1 Å². The number of hydrogen-bond acceptors (Lipinski definition) is 5. The van der Waals surface area contributed by atoms with Crippen LogP contribution in [0.3, 0.4) is 0 Å². The number of halogens is 1. The topological polar surface area (TPSA) is 79.5 Å². The lowest BCUT2D eigenvalue weighted by atomic mass is 10.0. The van der Waals surface area contributed by atoms with Crippen molar-refractivity contribution in [3.8, 4) is 0 Å². The molecule has 2 unspecified atom stereocenters. The molecule has 22 heavy (non-hydrogen) atoms. The van der Waals surface area contributed by atoms with Crippen LogP contribution in [0.25, 0.3) is 11.0 Å². The van der Waals surface area contributed by atoms with Gasteiger partial charge in [0, 0.05) is 9.77 Å². The molecule has 7 heteroatoms. The molecule has 0 spiro atoms. The Morgan fingerprint density at radius 2 is 2.18 bits per heavy atom. The summed E-state index contributed by atoms with van der Waals surface area (Å²) in [7, 11) is 0. The predicted octanol–water partition coefficient (Wildman–Crippen LogP) is 3.01. The van der Waals surface area contributed by atoms with Crippen molar-refractivity contribution in [2.75, 3.05) is 0 Å². The predicted molar refractivity (Wildman–Crippen MR) is 86.5 cm³/mol. The van der Waals surface area contributed by atoms with Crippen molar-refractivity contribution in [3.05, 3.63) is 45.3 Å². The van der Waals surface area contributed by atoms with Gasteiger partial charge in [-0.2, -0.15) is 0 Å². The summed E-state index contributed by atoms with van der Waals surface area (Å²) in [6.07, 6.45) is 1.39. The first-order chi connectivity index (χ1) is 10.3. The van der Waals surface area contributed by atoms with Gasteiger partial charge in [0.25, 0.3) is 0 Å². The Morgan fingerprint density at radius 3 is 2.82 bits per heavy atom. The number of nitrogens with one attached hydrogen (secondary N) is 1. The summed E-state index contributed by atoms with van der Waals surface area (Å²) in [6, 6.07) is 4.11. The second-order valence-corrected chi connectivity index (χ2v) is 7.90. The molecule has 0 saturated carbocycles. The van der Waals surface area contributed by atoms with E-state index in [0.29, 0.717) is 21.6 Å². The summed E-state index contributed by atoms with van der Waals surface area (Å²) >= 11 is 7.33. The van der Waals surface area contributed by atoms with Crippen molar-refractivity contribution in [2.45, 2.75) is 30.0 Å². The van der Waals surface area contributed by atoms with Gasteiger partial charge in [-0.3, -0.25) is 14.9 Å². The molecule has 1 saturated heterocycles. The van der Waals surface area contributed by atoms with E-state index in [0.717, 1.165) is 0 Å². The number of carbonyl (C=O) groups is 1. The summed E-state index contributed by atoms with van der Waals surface area (Å²) in [4.78, 5) is 24.0. The molecular formula is C15H14ClNO4S. The molecule has 2 aromatic rings. The zero-order chi connectivity index (χ0) is 16.1. The molecule has 2 N–H and O–H groups in total. The van der Waals surface area contributed by atoms with Crippen molar-refractivity contribution in [1.82, 2.24) is 5.32 Å². The minimum Gasteiger partial charge on any atom is -0.480 e. The van der Waals surface area contributed by atoms with Crippen molar-refractivity contribution in [3.63, 3.8) is 0 Å². The van der Waals surface area contributed by atoms with E-state index in [1.807, 2.05) is 13.8 Å². The lowest BCUT2D eigenvalue weighted by Crippen LogP contribution is -2.43. The van der Waals surface area contributed by atoms with Gasteiger partial charge in [0.1, 0.15) is 17.9 Å². The van der Waals surface area contributed by atoms with Crippen LogP contribution in [0, 0.1) is 0 Å². The molecule has 1 aromatic carbocycles. The highest BCUT2D eigenvalue weighted by Crippen LogP contribution is 2.45. The Kier molecular flexibility index (Phi) is 3.71. The molecule has 1 aromatic heterocycles. The molecule has 5 nitrogen and oxygen atoms in total. The molecule has 1 fully saturated rings. The zero-order valence-corrected chi connectivity index (χ0v) is 13.5. The molecule has 1 aliphatic heterocycles. The third kappa shape index (κ3) is 2.51. The normalized spacial score (nSPS) is 23.8. The first-order valence-electron chi connectivity index (χ1n) is 6.67. The highest BCUT2D eigenvalue weighted by atomic mass is 35.5. The van der Waals surface area contributed by atoms with Gasteiger partial charge in [-0.15, -0.1) is 11.8 Å². The van der Waals surface area contributed by atoms with Crippen LogP contribution in [0.15, 0.2) is 33.7 Å². The minimum absolute atomic E-state index is 0.199. The van der Waals surface area contributed by atoms with Crippen LogP contribution in [0.2, 0.25) is 5.02 Å². The standard InChI is InChI=1S/C15H14ClNO4S/c1-15(2)12(14(19)20)17-13(22-15)9-6-21-10-4-3-7(16)5-8(10)11(9)18/h3-6,12-13,17H,1-2H3,(H,19,20). The fourth-order valence-electron chi connectivity index (χ4n) is 2.58. The van der Waals surface area contributed by atoms with Crippen molar-refractivity contribution in [2.24, 2.45) is 0 Å². The number of carboxylic acid groups (broad SMARTS) is 1. The number of benzene rings is 1. The van der Waals surface area contributed by atoms with Crippen LogP contribution in [-0.2, 0) is 4.79 Å². The quantitative estimate of drug-likeness (QED) is 0.875. The summed E-state index contributed by atoms with van der Waals surface area (Å²) in [6.45, 7) is 3.67. The van der Waals surface area contributed by atoms with Gasteiger partial charge in [0.05, 0.1) is 16.3 Å². The lowest BCUT2D eigenvalue weighted by Gasteiger charge is -2.20. The SMILES string of the molecule is CC1(C)SC(c2coc3ccc(Cl)cc3c2=O)NC1C(=O)O. The highest BCUT2D eigenvalue weighted by Gasteiger charge is 2.46. The first-order valence-corrected chi connectivity index (χ1v) is 7.93. The monoisotopic (exact) mass is 339 g/mol. The average molecular weight is 340 g/mol. The average Bonchev–Trinajstić information content (AvgIpc) is 2.75. The van der Waals surface area contributed by atoms with Gasteiger partial charge in [-0.1, -0.05) is 11.6 Å². The van der Waals surface area contributed by atoms with Gasteiger partial charge in [-0.25, -0.2) is 0 Å². The van der Waals surface area contributed by atoms with Crippen molar-refractivity contribution >= 4 is 40.3 Å². The van der Waals surface area contributed by atoms with E-state index in [1.165, 1.54) is 18.0 Å². The minimum atomic E-state index is -0.937. The summed E-state index contributed by atoms with van der Waals surface area (Å²) in [5.74, 6) is -0.937. The Hall–Kier alpha value is -1.50. The van der Waals surface area contributed by atoms with E-state index in [-0.39, 0.29) is 5.43 Å². The van der Waals surface area contributed by atoms with Crippen LogP contribution in [-0.4, -0.2) is 21.9 Å². The summed E-state index contributed by atoms with van der Waals surface area (Å²) < 4.78 is 4.96. The fraction of sp³-hybridized carbons (Fsp3) is 0.333. The molecule has 1 aliphatic rings. The van der Waals surface area contributed by atoms with Crippen LogP contribution in [0.1, 0.15) is 24.8 Å². The van der Waals surface area contributed by atoms with Crippen molar-refractivity contribution < 1.29 is 14.3 Å². The maximum Gasteiger partial charge on any atom is 0.322 e. The fourth-order valence-corrected chi connectivity index (χ4v) is 4.16. The van der Waals surface area contributed by atoms with Gasteiger partial charge in [-0.05, 0) is 32.0 Å². The molecule has 0 aliphatic carbocycles. The number of thioether (sulfide) groups is 1. The summed E-state index contributed by atoms with van der Waals surface area (Å²) in [5, 5.41) is 12.7. The maximum atomic E-state index is 12.6. The molecule has 116 valence electrons. The Morgan fingerprint density at radius 1 is 1.45 bits per heavy atom. The van der Waals surface area contributed by atoms with Crippen LogP contribution in [0.4, 0.5) is 0 Å².